The van der Waals surface area contributed by atoms with E-state index >= 15 is 0 Å². The summed E-state index contributed by atoms with van der Waals surface area (Å²) in [6, 6.07) is 13.3. The molecule has 0 aliphatic rings. The lowest BCUT2D eigenvalue weighted by molar-refractivity contribution is 0.103. The maximum Gasteiger partial charge on any atom is 0.194 e. The average Bonchev–Trinajstić information content (AvgIpc) is 2.34. The summed E-state index contributed by atoms with van der Waals surface area (Å²) in [5.74, 6) is 0.0595. The SMILES string of the molecule is Cc1cc(C)c(Br)c(C(=O)c2ccccc2)c1. The highest BCUT2D eigenvalue weighted by molar-refractivity contribution is 9.10. The van der Waals surface area contributed by atoms with Crippen molar-refractivity contribution in [1.29, 1.82) is 0 Å². The number of rotatable bonds is 2. The van der Waals surface area contributed by atoms with Gasteiger partial charge in [0.2, 0.25) is 0 Å². The van der Waals surface area contributed by atoms with Gasteiger partial charge in [0.1, 0.15) is 0 Å². The van der Waals surface area contributed by atoms with E-state index < -0.39 is 0 Å². The number of carbonyl (C=O) groups is 1. The van der Waals surface area contributed by atoms with Crippen LogP contribution in [0, 0.1) is 13.8 Å². The van der Waals surface area contributed by atoms with Gasteiger partial charge in [0.25, 0.3) is 0 Å². The van der Waals surface area contributed by atoms with Gasteiger partial charge in [-0.25, -0.2) is 0 Å². The minimum atomic E-state index is 0.0595. The number of hydrogen-bond acceptors (Lipinski definition) is 1. The number of carbonyl (C=O) groups excluding carboxylic acids is 1. The van der Waals surface area contributed by atoms with E-state index in [1.165, 1.54) is 0 Å². The van der Waals surface area contributed by atoms with Crippen molar-refractivity contribution in [3.05, 3.63) is 69.2 Å². The molecular formula is C15H13BrO. The fourth-order valence-electron chi connectivity index (χ4n) is 1.86. The van der Waals surface area contributed by atoms with Crippen LogP contribution < -0.4 is 0 Å². The smallest absolute Gasteiger partial charge is 0.194 e. The molecule has 2 aromatic rings. The molecule has 0 amide bonds. The molecule has 0 aromatic heterocycles. The highest BCUT2D eigenvalue weighted by Crippen LogP contribution is 2.25. The maximum atomic E-state index is 12.3. The number of hydrogen-bond donors (Lipinski definition) is 0. The number of aryl methyl sites for hydroxylation is 2. The predicted octanol–water partition coefficient (Wildman–Crippen LogP) is 4.30. The van der Waals surface area contributed by atoms with Crippen LogP contribution in [0.15, 0.2) is 46.9 Å². The molecule has 0 unspecified atom stereocenters. The summed E-state index contributed by atoms with van der Waals surface area (Å²) in [7, 11) is 0. The third-order valence-corrected chi connectivity index (χ3v) is 3.73. The van der Waals surface area contributed by atoms with Gasteiger partial charge in [-0.1, -0.05) is 42.0 Å². The largest absolute Gasteiger partial charge is 0.289 e. The fraction of sp³-hybridized carbons (Fsp3) is 0.133. The van der Waals surface area contributed by atoms with Crippen LogP contribution in [0.4, 0.5) is 0 Å². The van der Waals surface area contributed by atoms with Gasteiger partial charge >= 0.3 is 0 Å². The van der Waals surface area contributed by atoms with Crippen LogP contribution >= 0.6 is 15.9 Å². The van der Waals surface area contributed by atoms with Crippen molar-refractivity contribution in [2.75, 3.05) is 0 Å². The molecule has 0 saturated heterocycles. The van der Waals surface area contributed by atoms with Gasteiger partial charge in [-0.2, -0.15) is 0 Å². The normalized spacial score (nSPS) is 10.3. The Bertz CT molecular complexity index is 559. The van der Waals surface area contributed by atoms with Crippen molar-refractivity contribution < 1.29 is 4.79 Å². The average molecular weight is 289 g/mol. The zero-order valence-electron chi connectivity index (χ0n) is 9.83. The van der Waals surface area contributed by atoms with E-state index in [9.17, 15) is 4.79 Å². The number of benzene rings is 2. The van der Waals surface area contributed by atoms with Gasteiger partial charge in [-0.15, -0.1) is 0 Å². The Morgan fingerprint density at radius 2 is 1.71 bits per heavy atom. The molecular weight excluding hydrogens is 276 g/mol. The van der Waals surface area contributed by atoms with Crippen molar-refractivity contribution in [3.8, 4) is 0 Å². The van der Waals surface area contributed by atoms with E-state index in [1.54, 1.807) is 0 Å². The van der Waals surface area contributed by atoms with Crippen LogP contribution in [-0.4, -0.2) is 5.78 Å². The van der Waals surface area contributed by atoms with Crippen molar-refractivity contribution in [2.45, 2.75) is 13.8 Å². The first-order valence-electron chi connectivity index (χ1n) is 5.46. The topological polar surface area (TPSA) is 17.1 Å². The quantitative estimate of drug-likeness (QED) is 0.753. The third kappa shape index (κ3) is 2.47. The molecule has 0 saturated carbocycles. The second-order valence-corrected chi connectivity index (χ2v) is 4.93. The summed E-state index contributed by atoms with van der Waals surface area (Å²) in [4.78, 5) is 12.3. The Morgan fingerprint density at radius 3 is 2.35 bits per heavy atom. The Labute approximate surface area is 110 Å². The summed E-state index contributed by atoms with van der Waals surface area (Å²) < 4.78 is 0.886. The van der Waals surface area contributed by atoms with Crippen LogP contribution in [0.2, 0.25) is 0 Å². The Morgan fingerprint density at radius 1 is 1.06 bits per heavy atom. The van der Waals surface area contributed by atoms with E-state index in [4.69, 9.17) is 0 Å². The minimum Gasteiger partial charge on any atom is -0.289 e. The first kappa shape index (κ1) is 12.1. The monoisotopic (exact) mass is 288 g/mol. The van der Waals surface area contributed by atoms with Crippen LogP contribution in [0.3, 0.4) is 0 Å². The predicted molar refractivity (Wildman–Crippen MR) is 73.5 cm³/mol. The first-order valence-corrected chi connectivity index (χ1v) is 6.25. The Hall–Kier alpha value is -1.41. The molecule has 0 heterocycles. The second kappa shape index (κ2) is 4.84. The maximum absolute atomic E-state index is 12.3. The van der Waals surface area contributed by atoms with Crippen LogP contribution in [-0.2, 0) is 0 Å². The van der Waals surface area contributed by atoms with E-state index in [1.807, 2.05) is 50.2 Å². The zero-order valence-corrected chi connectivity index (χ0v) is 11.4. The van der Waals surface area contributed by atoms with Crippen molar-refractivity contribution in [3.63, 3.8) is 0 Å². The van der Waals surface area contributed by atoms with E-state index in [0.29, 0.717) is 0 Å². The van der Waals surface area contributed by atoms with Crippen LogP contribution in [0.1, 0.15) is 27.0 Å². The fourth-order valence-corrected chi connectivity index (χ4v) is 2.27. The third-order valence-electron chi connectivity index (χ3n) is 2.68. The molecule has 2 heteroatoms. The molecule has 0 N–H and O–H groups in total. The molecule has 0 aliphatic heterocycles. The number of halogens is 1. The summed E-state index contributed by atoms with van der Waals surface area (Å²) in [6.07, 6.45) is 0. The summed E-state index contributed by atoms with van der Waals surface area (Å²) in [5, 5.41) is 0. The molecule has 2 rings (SSSR count). The van der Waals surface area contributed by atoms with Gasteiger partial charge in [-0.3, -0.25) is 4.79 Å². The Balaban J connectivity index is 2.52. The molecule has 0 bridgehead atoms. The first-order chi connectivity index (χ1) is 8.09. The molecule has 0 spiro atoms. The highest BCUT2D eigenvalue weighted by Gasteiger charge is 2.14. The van der Waals surface area contributed by atoms with Crippen molar-refractivity contribution in [1.82, 2.24) is 0 Å². The summed E-state index contributed by atoms with van der Waals surface area (Å²) in [6.45, 7) is 4.00. The van der Waals surface area contributed by atoms with Gasteiger partial charge in [0.15, 0.2) is 5.78 Å². The lowest BCUT2D eigenvalue weighted by Gasteiger charge is -2.08. The van der Waals surface area contributed by atoms with Gasteiger partial charge < -0.3 is 0 Å². The van der Waals surface area contributed by atoms with E-state index in [0.717, 1.165) is 26.7 Å². The lowest BCUT2D eigenvalue weighted by atomic mass is 9.99. The van der Waals surface area contributed by atoms with Crippen molar-refractivity contribution >= 4 is 21.7 Å². The van der Waals surface area contributed by atoms with Crippen LogP contribution in [0.25, 0.3) is 0 Å². The van der Waals surface area contributed by atoms with Gasteiger partial charge in [0, 0.05) is 15.6 Å². The van der Waals surface area contributed by atoms with E-state index in [2.05, 4.69) is 22.0 Å². The minimum absolute atomic E-state index is 0.0595. The molecule has 1 nitrogen and oxygen atoms in total. The standard InChI is InChI=1S/C15H13BrO/c1-10-8-11(2)14(16)13(9-10)15(17)12-6-4-3-5-7-12/h3-9H,1-2H3. The molecule has 17 heavy (non-hydrogen) atoms. The zero-order chi connectivity index (χ0) is 12.4. The van der Waals surface area contributed by atoms with Gasteiger partial charge in [-0.05, 0) is 41.4 Å². The molecule has 0 radical (unpaired) electrons. The van der Waals surface area contributed by atoms with E-state index in [-0.39, 0.29) is 5.78 Å². The van der Waals surface area contributed by atoms with Gasteiger partial charge in [0.05, 0.1) is 0 Å². The highest BCUT2D eigenvalue weighted by atomic mass is 79.9. The molecule has 2 aromatic carbocycles. The number of ketones is 1. The lowest BCUT2D eigenvalue weighted by Crippen LogP contribution is -2.03. The summed E-state index contributed by atoms with van der Waals surface area (Å²) >= 11 is 3.49. The van der Waals surface area contributed by atoms with Crippen molar-refractivity contribution in [2.24, 2.45) is 0 Å². The molecule has 86 valence electrons. The van der Waals surface area contributed by atoms with Crippen LogP contribution in [0.5, 0.6) is 0 Å². The molecule has 0 atom stereocenters. The second-order valence-electron chi connectivity index (χ2n) is 4.14. The Kier molecular flexibility index (Phi) is 3.43. The molecule has 0 aliphatic carbocycles. The molecule has 0 fully saturated rings. The summed E-state index contributed by atoms with van der Waals surface area (Å²) in [5.41, 5.74) is 3.64.